The van der Waals surface area contributed by atoms with E-state index in [1.165, 1.54) is 6.07 Å². The van der Waals surface area contributed by atoms with E-state index < -0.39 is 22.4 Å². The molecule has 0 aromatic heterocycles. The summed E-state index contributed by atoms with van der Waals surface area (Å²) in [5.41, 5.74) is -1.19. The fraction of sp³-hybridized carbons (Fsp3) is 0.500. The minimum Gasteiger partial charge on any atom is -0.366 e. The molecule has 0 amide bonds. The molecule has 1 aromatic carbocycles. The maximum absolute atomic E-state index is 12.6. The first-order valence-electron chi connectivity index (χ1n) is 6.00. The first-order chi connectivity index (χ1) is 8.89. The van der Waals surface area contributed by atoms with Crippen molar-refractivity contribution in [3.8, 4) is 0 Å². The fourth-order valence-corrected chi connectivity index (χ4v) is 2.25. The SMILES string of the molecule is O=[N+]([O-])c1cc(C(F)(F)F)ccc1N1CCCCC1. The Balaban J connectivity index is 2.40. The number of alkyl halides is 3. The molecule has 0 unspecified atom stereocenters. The quantitative estimate of drug-likeness (QED) is 0.611. The Bertz CT molecular complexity index is 482. The van der Waals surface area contributed by atoms with E-state index in [2.05, 4.69) is 0 Å². The lowest BCUT2D eigenvalue weighted by Gasteiger charge is -2.28. The molecule has 0 saturated carbocycles. The Morgan fingerprint density at radius 2 is 1.79 bits per heavy atom. The molecule has 19 heavy (non-hydrogen) atoms. The van der Waals surface area contributed by atoms with Crippen LogP contribution < -0.4 is 4.90 Å². The Kier molecular flexibility index (Phi) is 3.64. The largest absolute Gasteiger partial charge is 0.416 e. The number of anilines is 1. The lowest BCUT2D eigenvalue weighted by molar-refractivity contribution is -0.384. The molecule has 0 radical (unpaired) electrons. The van der Waals surface area contributed by atoms with Gasteiger partial charge in [-0.15, -0.1) is 0 Å². The highest BCUT2D eigenvalue weighted by molar-refractivity contribution is 5.64. The first-order valence-corrected chi connectivity index (χ1v) is 6.00. The van der Waals surface area contributed by atoms with Gasteiger partial charge in [0.1, 0.15) is 5.69 Å². The van der Waals surface area contributed by atoms with E-state index in [1.54, 1.807) is 4.90 Å². The fourth-order valence-electron chi connectivity index (χ4n) is 2.25. The van der Waals surface area contributed by atoms with Crippen molar-refractivity contribution >= 4 is 11.4 Å². The third-order valence-corrected chi connectivity index (χ3v) is 3.20. The molecule has 7 heteroatoms. The van der Waals surface area contributed by atoms with E-state index >= 15 is 0 Å². The second kappa shape index (κ2) is 5.07. The molecule has 1 aliphatic rings. The molecule has 1 aromatic rings. The van der Waals surface area contributed by atoms with Crippen LogP contribution in [0.25, 0.3) is 0 Å². The number of nitro groups is 1. The minimum absolute atomic E-state index is 0.276. The lowest BCUT2D eigenvalue weighted by atomic mass is 10.1. The van der Waals surface area contributed by atoms with Crippen molar-refractivity contribution in [2.45, 2.75) is 25.4 Å². The van der Waals surface area contributed by atoms with E-state index in [0.717, 1.165) is 25.3 Å². The highest BCUT2D eigenvalue weighted by Gasteiger charge is 2.33. The third-order valence-electron chi connectivity index (χ3n) is 3.20. The van der Waals surface area contributed by atoms with Gasteiger partial charge in [0.2, 0.25) is 0 Å². The van der Waals surface area contributed by atoms with E-state index in [1.807, 2.05) is 0 Å². The van der Waals surface area contributed by atoms with Crippen molar-refractivity contribution in [2.24, 2.45) is 0 Å². The molecule has 2 rings (SSSR count). The van der Waals surface area contributed by atoms with Crippen LogP contribution in [0.1, 0.15) is 24.8 Å². The van der Waals surface area contributed by atoms with E-state index in [0.29, 0.717) is 19.2 Å². The van der Waals surface area contributed by atoms with Crippen LogP contribution in [-0.4, -0.2) is 18.0 Å². The number of nitrogens with zero attached hydrogens (tertiary/aromatic N) is 2. The normalized spacial score (nSPS) is 16.5. The predicted octanol–water partition coefficient (Wildman–Crippen LogP) is 3.60. The standard InChI is InChI=1S/C12H13F3N2O2/c13-12(14,15)9-4-5-10(11(8-9)17(18)19)16-6-2-1-3-7-16/h4-5,8H,1-3,6-7H2. The molecule has 1 aliphatic heterocycles. The monoisotopic (exact) mass is 274 g/mol. The number of benzene rings is 1. The van der Waals surface area contributed by atoms with Crippen molar-refractivity contribution < 1.29 is 18.1 Å². The molecule has 4 nitrogen and oxygen atoms in total. The van der Waals surface area contributed by atoms with Gasteiger partial charge in [0.15, 0.2) is 0 Å². The summed E-state index contributed by atoms with van der Waals surface area (Å²) in [4.78, 5) is 12.0. The van der Waals surface area contributed by atoms with Gasteiger partial charge >= 0.3 is 6.18 Å². The van der Waals surface area contributed by atoms with Crippen LogP contribution in [0.15, 0.2) is 18.2 Å². The number of hydrogen-bond acceptors (Lipinski definition) is 3. The Hall–Kier alpha value is -1.79. The summed E-state index contributed by atoms with van der Waals surface area (Å²) in [6, 6.07) is 2.72. The molecular formula is C12H13F3N2O2. The highest BCUT2D eigenvalue weighted by Crippen LogP contribution is 2.37. The van der Waals surface area contributed by atoms with Crippen molar-refractivity contribution in [1.82, 2.24) is 0 Å². The topological polar surface area (TPSA) is 46.4 Å². The van der Waals surface area contributed by atoms with Crippen LogP contribution in [0.2, 0.25) is 0 Å². The van der Waals surface area contributed by atoms with Gasteiger partial charge in [-0.1, -0.05) is 0 Å². The number of halogens is 3. The van der Waals surface area contributed by atoms with E-state index in [9.17, 15) is 23.3 Å². The molecule has 0 N–H and O–H groups in total. The molecule has 104 valence electrons. The van der Waals surface area contributed by atoms with Crippen LogP contribution >= 0.6 is 0 Å². The van der Waals surface area contributed by atoms with E-state index in [4.69, 9.17) is 0 Å². The first kappa shape index (κ1) is 13.6. The summed E-state index contributed by atoms with van der Waals surface area (Å²) in [5.74, 6) is 0. The summed E-state index contributed by atoms with van der Waals surface area (Å²) < 4.78 is 37.7. The number of nitro benzene ring substituents is 1. The van der Waals surface area contributed by atoms with Crippen molar-refractivity contribution in [2.75, 3.05) is 18.0 Å². The highest BCUT2D eigenvalue weighted by atomic mass is 19.4. The predicted molar refractivity (Wildman–Crippen MR) is 64.2 cm³/mol. The second-order valence-electron chi connectivity index (χ2n) is 4.51. The van der Waals surface area contributed by atoms with Gasteiger partial charge in [-0.25, -0.2) is 0 Å². The molecule has 0 bridgehead atoms. The van der Waals surface area contributed by atoms with Gasteiger partial charge in [-0.2, -0.15) is 13.2 Å². The third kappa shape index (κ3) is 2.97. The van der Waals surface area contributed by atoms with Gasteiger partial charge in [0.05, 0.1) is 10.5 Å². The summed E-state index contributed by atoms with van der Waals surface area (Å²) in [6.07, 6.45) is -1.72. The summed E-state index contributed by atoms with van der Waals surface area (Å²) in [5, 5.41) is 11.0. The molecule has 0 aliphatic carbocycles. The summed E-state index contributed by atoms with van der Waals surface area (Å²) in [7, 11) is 0. The van der Waals surface area contributed by atoms with Crippen LogP contribution in [0.5, 0.6) is 0 Å². The van der Waals surface area contributed by atoms with Gasteiger partial charge in [-0.3, -0.25) is 10.1 Å². The van der Waals surface area contributed by atoms with Gasteiger partial charge < -0.3 is 4.90 Å². The molecule has 0 atom stereocenters. The Labute approximate surface area is 108 Å². The lowest BCUT2D eigenvalue weighted by Crippen LogP contribution is -2.30. The molecule has 1 fully saturated rings. The van der Waals surface area contributed by atoms with Gasteiger partial charge in [-0.05, 0) is 31.4 Å². The number of piperidine rings is 1. The van der Waals surface area contributed by atoms with E-state index in [-0.39, 0.29) is 5.69 Å². The summed E-state index contributed by atoms with van der Waals surface area (Å²) in [6.45, 7) is 1.29. The Morgan fingerprint density at radius 1 is 1.16 bits per heavy atom. The van der Waals surface area contributed by atoms with Crippen LogP contribution in [0.4, 0.5) is 24.5 Å². The Morgan fingerprint density at radius 3 is 2.32 bits per heavy atom. The van der Waals surface area contributed by atoms with Crippen molar-refractivity contribution in [1.29, 1.82) is 0 Å². The van der Waals surface area contributed by atoms with Crippen molar-refractivity contribution in [3.05, 3.63) is 33.9 Å². The molecule has 1 saturated heterocycles. The smallest absolute Gasteiger partial charge is 0.366 e. The molecular weight excluding hydrogens is 261 g/mol. The van der Waals surface area contributed by atoms with Crippen LogP contribution in [-0.2, 0) is 6.18 Å². The summed E-state index contributed by atoms with van der Waals surface area (Å²) >= 11 is 0. The zero-order valence-electron chi connectivity index (χ0n) is 10.1. The van der Waals surface area contributed by atoms with Crippen molar-refractivity contribution in [3.63, 3.8) is 0 Å². The van der Waals surface area contributed by atoms with Crippen LogP contribution in [0, 0.1) is 10.1 Å². The number of hydrogen-bond donors (Lipinski definition) is 0. The van der Waals surface area contributed by atoms with Gasteiger partial charge in [0.25, 0.3) is 5.69 Å². The minimum atomic E-state index is -4.56. The second-order valence-corrected chi connectivity index (χ2v) is 4.51. The average molecular weight is 274 g/mol. The number of rotatable bonds is 2. The van der Waals surface area contributed by atoms with Crippen LogP contribution in [0.3, 0.4) is 0 Å². The van der Waals surface area contributed by atoms with Gasteiger partial charge in [0, 0.05) is 19.2 Å². The average Bonchev–Trinajstić information content (AvgIpc) is 2.38. The maximum atomic E-state index is 12.6. The molecule has 0 spiro atoms. The maximum Gasteiger partial charge on any atom is 0.416 e. The zero-order valence-corrected chi connectivity index (χ0v) is 10.1. The molecule has 1 heterocycles. The zero-order chi connectivity index (χ0) is 14.0.